The Morgan fingerprint density at radius 3 is 2.67 bits per heavy atom. The van der Waals surface area contributed by atoms with Crippen molar-refractivity contribution >= 4 is 17.1 Å². The van der Waals surface area contributed by atoms with Gasteiger partial charge in [0, 0.05) is 4.88 Å². The zero-order valence-corrected chi connectivity index (χ0v) is 7.99. The predicted molar refractivity (Wildman–Crippen MR) is 50.9 cm³/mol. The van der Waals surface area contributed by atoms with Crippen LogP contribution in [0.1, 0.15) is 46.7 Å². The van der Waals surface area contributed by atoms with Crippen molar-refractivity contribution in [3.05, 3.63) is 21.9 Å². The fourth-order valence-corrected chi connectivity index (χ4v) is 2.53. The Kier molecular flexibility index (Phi) is 2.01. The summed E-state index contributed by atoms with van der Waals surface area (Å²) in [5, 5.41) is 0. The lowest BCUT2D eigenvalue weighted by Gasteiger charge is -2.23. The van der Waals surface area contributed by atoms with Crippen LogP contribution < -0.4 is 0 Å². The number of carbonyl (C=O) groups excluding carboxylic acids is 1. The largest absolute Gasteiger partial charge is 0.294 e. The molecule has 0 spiro atoms. The van der Waals surface area contributed by atoms with Gasteiger partial charge >= 0.3 is 0 Å². The van der Waals surface area contributed by atoms with E-state index in [1.165, 1.54) is 24.1 Å². The highest BCUT2D eigenvalue weighted by Crippen LogP contribution is 2.39. The van der Waals surface area contributed by atoms with E-state index in [1.807, 2.05) is 6.07 Å². The van der Waals surface area contributed by atoms with E-state index in [9.17, 15) is 4.79 Å². The highest BCUT2D eigenvalue weighted by molar-refractivity contribution is 7.14. The van der Waals surface area contributed by atoms with Crippen molar-refractivity contribution in [1.29, 1.82) is 0 Å². The fourth-order valence-electron chi connectivity index (χ4n) is 1.45. The maximum absolute atomic E-state index is 11.0. The van der Waals surface area contributed by atoms with Crippen LogP contribution in [0, 0.1) is 0 Å². The van der Waals surface area contributed by atoms with Crippen LogP contribution >= 0.6 is 11.3 Å². The number of thiophene rings is 1. The minimum atomic E-state index is 0.200. The SMILES string of the molecule is CC(=O)c1ccc(C2CCC2)s1. The first-order valence-electron chi connectivity index (χ1n) is 4.38. The van der Waals surface area contributed by atoms with Crippen molar-refractivity contribution in [2.45, 2.75) is 32.1 Å². The number of hydrogen-bond acceptors (Lipinski definition) is 2. The molecule has 0 amide bonds. The van der Waals surface area contributed by atoms with Crippen LogP contribution in [0.5, 0.6) is 0 Å². The molecule has 0 N–H and O–H groups in total. The highest BCUT2D eigenvalue weighted by atomic mass is 32.1. The molecule has 0 aliphatic heterocycles. The molecule has 0 radical (unpaired) electrons. The first kappa shape index (κ1) is 7.99. The Morgan fingerprint density at radius 1 is 1.50 bits per heavy atom. The van der Waals surface area contributed by atoms with E-state index in [-0.39, 0.29) is 5.78 Å². The van der Waals surface area contributed by atoms with Gasteiger partial charge in [0.15, 0.2) is 5.78 Å². The van der Waals surface area contributed by atoms with Crippen molar-refractivity contribution in [3.8, 4) is 0 Å². The van der Waals surface area contributed by atoms with Gasteiger partial charge in [-0.3, -0.25) is 4.79 Å². The van der Waals surface area contributed by atoms with Gasteiger partial charge in [-0.25, -0.2) is 0 Å². The van der Waals surface area contributed by atoms with Gasteiger partial charge in [-0.1, -0.05) is 6.42 Å². The number of rotatable bonds is 2. The maximum atomic E-state index is 11.0. The Balaban J connectivity index is 2.17. The topological polar surface area (TPSA) is 17.1 Å². The van der Waals surface area contributed by atoms with Crippen LogP contribution in [-0.2, 0) is 0 Å². The minimum absolute atomic E-state index is 0.200. The molecule has 1 aromatic heterocycles. The van der Waals surface area contributed by atoms with Crippen molar-refractivity contribution in [2.75, 3.05) is 0 Å². The molecule has 1 heterocycles. The molecule has 12 heavy (non-hydrogen) atoms. The van der Waals surface area contributed by atoms with E-state index in [2.05, 4.69) is 6.07 Å². The molecule has 0 bridgehead atoms. The number of hydrogen-bond donors (Lipinski definition) is 0. The van der Waals surface area contributed by atoms with Crippen LogP contribution in [0.4, 0.5) is 0 Å². The predicted octanol–water partition coefficient (Wildman–Crippen LogP) is 3.22. The van der Waals surface area contributed by atoms with Gasteiger partial charge < -0.3 is 0 Å². The van der Waals surface area contributed by atoms with E-state index >= 15 is 0 Å². The number of Topliss-reactive ketones (excluding diaryl/α,β-unsaturated/α-hetero) is 1. The van der Waals surface area contributed by atoms with Crippen molar-refractivity contribution in [3.63, 3.8) is 0 Å². The molecule has 1 nitrogen and oxygen atoms in total. The summed E-state index contributed by atoms with van der Waals surface area (Å²) < 4.78 is 0. The van der Waals surface area contributed by atoms with Crippen LogP contribution in [-0.4, -0.2) is 5.78 Å². The van der Waals surface area contributed by atoms with Crippen molar-refractivity contribution in [2.24, 2.45) is 0 Å². The quantitative estimate of drug-likeness (QED) is 0.639. The van der Waals surface area contributed by atoms with Crippen LogP contribution in [0.3, 0.4) is 0 Å². The third kappa shape index (κ3) is 1.31. The summed E-state index contributed by atoms with van der Waals surface area (Å²) >= 11 is 1.68. The molecule has 0 aromatic carbocycles. The Hall–Kier alpha value is -0.630. The lowest BCUT2D eigenvalue weighted by atomic mass is 9.84. The average Bonchev–Trinajstić information content (AvgIpc) is 2.32. The zero-order valence-electron chi connectivity index (χ0n) is 7.17. The second-order valence-corrected chi connectivity index (χ2v) is 4.50. The Labute approximate surface area is 76.4 Å². The molecule has 1 saturated carbocycles. The fraction of sp³-hybridized carbons (Fsp3) is 0.500. The van der Waals surface area contributed by atoms with Crippen LogP contribution in [0.25, 0.3) is 0 Å². The average molecular weight is 180 g/mol. The van der Waals surface area contributed by atoms with Gasteiger partial charge in [0.2, 0.25) is 0 Å². The number of ketones is 1. The Bertz CT molecular complexity index is 297. The van der Waals surface area contributed by atoms with Crippen LogP contribution in [0.2, 0.25) is 0 Å². The molecule has 2 rings (SSSR count). The second-order valence-electron chi connectivity index (χ2n) is 3.39. The monoisotopic (exact) mass is 180 g/mol. The van der Waals surface area contributed by atoms with Crippen molar-refractivity contribution < 1.29 is 4.79 Å². The van der Waals surface area contributed by atoms with E-state index in [0.29, 0.717) is 0 Å². The third-order valence-electron chi connectivity index (χ3n) is 2.48. The molecular formula is C10H12OS. The third-order valence-corrected chi connectivity index (χ3v) is 3.83. The van der Waals surface area contributed by atoms with E-state index < -0.39 is 0 Å². The van der Waals surface area contributed by atoms with Crippen molar-refractivity contribution in [1.82, 2.24) is 0 Å². The molecule has 1 fully saturated rings. The van der Waals surface area contributed by atoms with E-state index in [0.717, 1.165) is 10.8 Å². The van der Waals surface area contributed by atoms with Gasteiger partial charge in [-0.05, 0) is 37.8 Å². The summed E-state index contributed by atoms with van der Waals surface area (Å²) in [6.07, 6.45) is 3.99. The molecule has 1 aliphatic rings. The smallest absolute Gasteiger partial charge is 0.169 e. The summed E-state index contributed by atoms with van der Waals surface area (Å²) in [5.74, 6) is 0.966. The molecule has 1 aliphatic carbocycles. The number of carbonyl (C=O) groups is 1. The summed E-state index contributed by atoms with van der Waals surface area (Å²) in [5.41, 5.74) is 0. The standard InChI is InChI=1S/C10H12OS/c1-7(11)9-5-6-10(12-9)8-3-2-4-8/h5-6,8H,2-4H2,1H3. The molecule has 0 saturated heterocycles. The lowest BCUT2D eigenvalue weighted by Crippen LogP contribution is -2.06. The first-order valence-corrected chi connectivity index (χ1v) is 5.19. The molecule has 1 aromatic rings. The molecular weight excluding hydrogens is 168 g/mol. The lowest BCUT2D eigenvalue weighted by molar-refractivity contribution is 0.102. The van der Waals surface area contributed by atoms with E-state index in [4.69, 9.17) is 0 Å². The summed E-state index contributed by atoms with van der Waals surface area (Å²) in [6.45, 7) is 1.64. The summed E-state index contributed by atoms with van der Waals surface area (Å²) in [7, 11) is 0. The summed E-state index contributed by atoms with van der Waals surface area (Å²) in [4.78, 5) is 13.3. The van der Waals surface area contributed by atoms with Gasteiger partial charge in [-0.2, -0.15) is 0 Å². The minimum Gasteiger partial charge on any atom is -0.294 e. The zero-order chi connectivity index (χ0) is 8.55. The van der Waals surface area contributed by atoms with Gasteiger partial charge in [-0.15, -0.1) is 11.3 Å². The highest BCUT2D eigenvalue weighted by Gasteiger charge is 2.21. The molecule has 2 heteroatoms. The summed E-state index contributed by atoms with van der Waals surface area (Å²) in [6, 6.07) is 4.08. The maximum Gasteiger partial charge on any atom is 0.169 e. The first-order chi connectivity index (χ1) is 5.77. The normalized spacial score (nSPS) is 17.4. The van der Waals surface area contributed by atoms with Gasteiger partial charge in [0.05, 0.1) is 4.88 Å². The molecule has 0 unspecified atom stereocenters. The van der Waals surface area contributed by atoms with Gasteiger partial charge in [0.1, 0.15) is 0 Å². The van der Waals surface area contributed by atoms with E-state index in [1.54, 1.807) is 18.3 Å². The Morgan fingerprint density at radius 2 is 2.25 bits per heavy atom. The molecule has 64 valence electrons. The van der Waals surface area contributed by atoms with Gasteiger partial charge in [0.25, 0.3) is 0 Å². The van der Waals surface area contributed by atoms with Crippen LogP contribution in [0.15, 0.2) is 12.1 Å². The second kappa shape index (κ2) is 3.02. The molecule has 0 atom stereocenters.